The molecule has 0 saturated carbocycles. The van der Waals surface area contributed by atoms with Crippen molar-refractivity contribution in [3.63, 3.8) is 0 Å². The normalized spacial score (nSPS) is 10.1. The van der Waals surface area contributed by atoms with Crippen molar-refractivity contribution in [2.75, 3.05) is 23.8 Å². The van der Waals surface area contributed by atoms with Crippen LogP contribution in [0.5, 0.6) is 0 Å². The van der Waals surface area contributed by atoms with E-state index in [2.05, 4.69) is 29.3 Å². The summed E-state index contributed by atoms with van der Waals surface area (Å²) >= 11 is 0. The average molecular weight is 268 g/mol. The first kappa shape index (κ1) is 14.1. The molecule has 0 aliphatic heterocycles. The fourth-order valence-corrected chi connectivity index (χ4v) is 2.23. The number of carbonyl (C=O) groups excluding carboxylic acids is 1. The van der Waals surface area contributed by atoms with Crippen molar-refractivity contribution in [2.45, 2.75) is 13.5 Å². The zero-order valence-corrected chi connectivity index (χ0v) is 12.0. The lowest BCUT2D eigenvalue weighted by Crippen LogP contribution is -2.18. The Kier molecular flexibility index (Phi) is 4.77. The van der Waals surface area contributed by atoms with Crippen LogP contribution >= 0.6 is 0 Å². The monoisotopic (exact) mass is 268 g/mol. The highest BCUT2D eigenvalue weighted by molar-refractivity contribution is 5.86. The maximum Gasteiger partial charge on any atom is 0.152 e. The van der Waals surface area contributed by atoms with E-state index in [0.717, 1.165) is 30.8 Å². The minimum absolute atomic E-state index is 0.713. The Labute approximate surface area is 120 Å². The van der Waals surface area contributed by atoms with Gasteiger partial charge in [0.15, 0.2) is 6.29 Å². The highest BCUT2D eigenvalue weighted by Gasteiger charge is 2.08. The van der Waals surface area contributed by atoms with E-state index in [1.165, 1.54) is 5.56 Å². The van der Waals surface area contributed by atoms with Crippen molar-refractivity contribution < 1.29 is 4.79 Å². The Hall–Kier alpha value is -2.29. The number of rotatable bonds is 6. The van der Waals surface area contributed by atoms with Gasteiger partial charge in [-0.25, -0.2) is 0 Å². The second kappa shape index (κ2) is 6.75. The molecule has 3 nitrogen and oxygen atoms in total. The standard InChI is InChI=1S/C17H20N2O/c1-3-18-16-10-9-15(13-20)17(11-16)19(2)12-14-7-5-4-6-8-14/h4-11,13,18H,3,12H2,1-2H3. The van der Waals surface area contributed by atoms with Gasteiger partial charge < -0.3 is 10.2 Å². The summed E-state index contributed by atoms with van der Waals surface area (Å²) in [6.45, 7) is 3.69. The first-order chi connectivity index (χ1) is 9.74. The zero-order valence-electron chi connectivity index (χ0n) is 12.0. The minimum Gasteiger partial charge on any atom is -0.385 e. The topological polar surface area (TPSA) is 32.3 Å². The van der Waals surface area contributed by atoms with Crippen LogP contribution in [0.1, 0.15) is 22.8 Å². The summed E-state index contributed by atoms with van der Waals surface area (Å²) in [5, 5.41) is 3.28. The number of nitrogens with one attached hydrogen (secondary N) is 1. The number of anilines is 2. The van der Waals surface area contributed by atoms with Crippen molar-refractivity contribution in [3.8, 4) is 0 Å². The van der Waals surface area contributed by atoms with Gasteiger partial charge >= 0.3 is 0 Å². The van der Waals surface area contributed by atoms with Crippen LogP contribution in [-0.2, 0) is 6.54 Å². The van der Waals surface area contributed by atoms with E-state index >= 15 is 0 Å². The highest BCUT2D eigenvalue weighted by atomic mass is 16.1. The Morgan fingerprint density at radius 3 is 2.55 bits per heavy atom. The molecule has 1 N–H and O–H groups in total. The number of aldehydes is 1. The van der Waals surface area contributed by atoms with Gasteiger partial charge in [0, 0.05) is 37.1 Å². The molecule has 0 atom stereocenters. The lowest BCUT2D eigenvalue weighted by molar-refractivity contribution is 0.112. The van der Waals surface area contributed by atoms with Crippen molar-refractivity contribution >= 4 is 17.7 Å². The Morgan fingerprint density at radius 2 is 1.90 bits per heavy atom. The average Bonchev–Trinajstić information content (AvgIpc) is 2.48. The molecular formula is C17H20N2O. The SMILES string of the molecule is CCNc1ccc(C=O)c(N(C)Cc2ccccc2)c1. The Bertz CT molecular complexity index is 566. The first-order valence-corrected chi connectivity index (χ1v) is 6.82. The van der Waals surface area contributed by atoms with Crippen molar-refractivity contribution in [1.29, 1.82) is 0 Å². The van der Waals surface area contributed by atoms with Crippen LogP contribution in [0.25, 0.3) is 0 Å². The van der Waals surface area contributed by atoms with Crippen LogP contribution < -0.4 is 10.2 Å². The zero-order chi connectivity index (χ0) is 14.4. The number of benzene rings is 2. The summed E-state index contributed by atoms with van der Waals surface area (Å²) in [4.78, 5) is 13.3. The minimum atomic E-state index is 0.713. The second-order valence-corrected chi connectivity index (χ2v) is 4.76. The van der Waals surface area contributed by atoms with Gasteiger partial charge in [-0.1, -0.05) is 30.3 Å². The number of nitrogens with zero attached hydrogens (tertiary/aromatic N) is 1. The molecule has 3 heteroatoms. The Morgan fingerprint density at radius 1 is 1.15 bits per heavy atom. The quantitative estimate of drug-likeness (QED) is 0.813. The molecule has 104 valence electrons. The van der Waals surface area contributed by atoms with Gasteiger partial charge in [0.1, 0.15) is 0 Å². The highest BCUT2D eigenvalue weighted by Crippen LogP contribution is 2.24. The third-order valence-corrected chi connectivity index (χ3v) is 3.21. The van der Waals surface area contributed by atoms with Gasteiger partial charge in [0.25, 0.3) is 0 Å². The van der Waals surface area contributed by atoms with Crippen molar-refractivity contribution in [1.82, 2.24) is 0 Å². The van der Waals surface area contributed by atoms with Crippen LogP contribution in [0.3, 0.4) is 0 Å². The molecule has 0 radical (unpaired) electrons. The third kappa shape index (κ3) is 3.38. The summed E-state index contributed by atoms with van der Waals surface area (Å²) in [7, 11) is 2.01. The van der Waals surface area contributed by atoms with E-state index in [1.54, 1.807) is 0 Å². The van der Waals surface area contributed by atoms with Gasteiger partial charge in [-0.15, -0.1) is 0 Å². The largest absolute Gasteiger partial charge is 0.385 e. The summed E-state index contributed by atoms with van der Waals surface area (Å²) < 4.78 is 0. The number of carbonyl (C=O) groups is 1. The molecule has 0 bridgehead atoms. The molecule has 0 aliphatic carbocycles. The fourth-order valence-electron chi connectivity index (χ4n) is 2.23. The molecule has 0 amide bonds. The van der Waals surface area contributed by atoms with Gasteiger partial charge in [-0.05, 0) is 30.7 Å². The van der Waals surface area contributed by atoms with E-state index in [1.807, 2.05) is 43.4 Å². The smallest absolute Gasteiger partial charge is 0.152 e. The van der Waals surface area contributed by atoms with Crippen LogP contribution in [0.4, 0.5) is 11.4 Å². The maximum absolute atomic E-state index is 11.2. The lowest BCUT2D eigenvalue weighted by Gasteiger charge is -2.22. The summed E-state index contributed by atoms with van der Waals surface area (Å²) in [6, 6.07) is 16.1. The van der Waals surface area contributed by atoms with Gasteiger partial charge in [-0.2, -0.15) is 0 Å². The van der Waals surface area contributed by atoms with Gasteiger partial charge in [0.05, 0.1) is 0 Å². The molecule has 0 unspecified atom stereocenters. The molecule has 0 spiro atoms. The molecule has 0 saturated heterocycles. The number of hydrogen-bond donors (Lipinski definition) is 1. The summed E-state index contributed by atoms with van der Waals surface area (Å²) in [6.07, 6.45) is 0.909. The first-order valence-electron chi connectivity index (χ1n) is 6.82. The number of hydrogen-bond acceptors (Lipinski definition) is 3. The maximum atomic E-state index is 11.2. The summed E-state index contributed by atoms with van der Waals surface area (Å²) in [5.41, 5.74) is 3.92. The lowest BCUT2D eigenvalue weighted by atomic mass is 10.1. The third-order valence-electron chi connectivity index (χ3n) is 3.21. The molecule has 0 aliphatic rings. The fraction of sp³-hybridized carbons (Fsp3) is 0.235. The van der Waals surface area contributed by atoms with E-state index in [0.29, 0.717) is 5.56 Å². The molecule has 0 aromatic heterocycles. The van der Waals surface area contributed by atoms with E-state index in [4.69, 9.17) is 0 Å². The molecule has 0 fully saturated rings. The van der Waals surface area contributed by atoms with Crippen LogP contribution in [0.2, 0.25) is 0 Å². The molecule has 2 aromatic carbocycles. The molecule has 2 aromatic rings. The van der Waals surface area contributed by atoms with Crippen LogP contribution in [-0.4, -0.2) is 19.9 Å². The van der Waals surface area contributed by atoms with E-state index in [9.17, 15) is 4.79 Å². The predicted molar refractivity (Wildman–Crippen MR) is 84.5 cm³/mol. The Balaban J connectivity index is 2.25. The van der Waals surface area contributed by atoms with Crippen LogP contribution in [0, 0.1) is 0 Å². The summed E-state index contributed by atoms with van der Waals surface area (Å²) in [5.74, 6) is 0. The van der Waals surface area contributed by atoms with Gasteiger partial charge in [0.2, 0.25) is 0 Å². The molecule has 0 heterocycles. The van der Waals surface area contributed by atoms with Crippen molar-refractivity contribution in [2.24, 2.45) is 0 Å². The van der Waals surface area contributed by atoms with E-state index < -0.39 is 0 Å². The van der Waals surface area contributed by atoms with Gasteiger partial charge in [-0.3, -0.25) is 4.79 Å². The van der Waals surface area contributed by atoms with Crippen molar-refractivity contribution in [3.05, 3.63) is 59.7 Å². The molecule has 2 rings (SSSR count). The molecule has 20 heavy (non-hydrogen) atoms. The second-order valence-electron chi connectivity index (χ2n) is 4.76. The van der Waals surface area contributed by atoms with E-state index in [-0.39, 0.29) is 0 Å². The molecular weight excluding hydrogens is 248 g/mol. The predicted octanol–water partition coefficient (Wildman–Crippen LogP) is 3.57. The van der Waals surface area contributed by atoms with Crippen LogP contribution in [0.15, 0.2) is 48.5 Å².